The molecule has 38 heavy (non-hydrogen) atoms. The van der Waals surface area contributed by atoms with Crippen molar-refractivity contribution in [1.82, 2.24) is 20.1 Å². The van der Waals surface area contributed by atoms with Gasteiger partial charge in [-0.25, -0.2) is 0 Å². The first-order valence-corrected chi connectivity index (χ1v) is 13.2. The van der Waals surface area contributed by atoms with Crippen molar-refractivity contribution in [2.45, 2.75) is 38.5 Å². The molecule has 0 saturated heterocycles. The molecule has 0 unspecified atom stereocenters. The third-order valence-corrected chi connectivity index (χ3v) is 6.56. The number of hydrogen-bond donors (Lipinski definition) is 2. The summed E-state index contributed by atoms with van der Waals surface area (Å²) in [5.41, 5.74) is 3.74. The van der Waals surface area contributed by atoms with Crippen LogP contribution < -0.4 is 10.6 Å². The number of azo groups is 1. The van der Waals surface area contributed by atoms with E-state index in [1.807, 2.05) is 73.9 Å². The predicted molar refractivity (Wildman–Crippen MR) is 149 cm³/mol. The third kappa shape index (κ3) is 7.13. The summed E-state index contributed by atoms with van der Waals surface area (Å²) >= 11 is 1.29. The molecule has 1 heterocycles. The van der Waals surface area contributed by atoms with Crippen LogP contribution in [0.25, 0.3) is 0 Å². The van der Waals surface area contributed by atoms with Crippen LogP contribution in [0.3, 0.4) is 0 Å². The number of amides is 2. The third-order valence-electron chi connectivity index (χ3n) is 5.60. The van der Waals surface area contributed by atoms with Gasteiger partial charge in [-0.3, -0.25) is 9.59 Å². The Bertz CT molecular complexity index is 1420. The van der Waals surface area contributed by atoms with Crippen LogP contribution in [-0.4, -0.2) is 32.3 Å². The second-order valence-corrected chi connectivity index (χ2v) is 9.51. The van der Waals surface area contributed by atoms with E-state index in [2.05, 4.69) is 31.1 Å². The first-order valence-electron chi connectivity index (χ1n) is 12.2. The number of carbonyl (C=O) groups excluding carboxylic acids is 2. The SMILES string of the molecule is CCn1c(SCC(=O)Nc2ccc(N=Nc3ccccc3)cc2)nnc1[C@H](C)NC(=O)c1cccc(C)c1. The minimum absolute atomic E-state index is 0.164. The second-order valence-electron chi connectivity index (χ2n) is 8.57. The summed E-state index contributed by atoms with van der Waals surface area (Å²) in [6, 6.07) is 23.7. The molecule has 0 saturated carbocycles. The van der Waals surface area contributed by atoms with Gasteiger partial charge in [0.25, 0.3) is 5.91 Å². The van der Waals surface area contributed by atoms with Gasteiger partial charge in [-0.05, 0) is 69.3 Å². The molecule has 4 aromatic rings. The molecule has 2 amide bonds. The maximum atomic E-state index is 12.7. The number of nitrogens with one attached hydrogen (secondary N) is 2. The molecule has 0 fully saturated rings. The fourth-order valence-electron chi connectivity index (χ4n) is 3.70. The van der Waals surface area contributed by atoms with Crippen LogP contribution in [0.2, 0.25) is 0 Å². The Labute approximate surface area is 225 Å². The van der Waals surface area contributed by atoms with Crippen molar-refractivity contribution in [3.63, 3.8) is 0 Å². The molecule has 0 bridgehead atoms. The standard InChI is InChI=1S/C28H29N7O2S/c1-4-35-26(20(3)29-27(37)21-10-8-9-19(2)17-21)33-34-28(35)38-18-25(36)30-22-13-15-24(16-14-22)32-31-23-11-6-5-7-12-23/h5-17,20H,4,18H2,1-3H3,(H,29,37)(H,30,36)/t20-/m0/s1. The maximum absolute atomic E-state index is 12.7. The summed E-state index contributed by atoms with van der Waals surface area (Å²) in [5, 5.41) is 23.4. The van der Waals surface area contributed by atoms with E-state index in [4.69, 9.17) is 0 Å². The van der Waals surface area contributed by atoms with Gasteiger partial charge in [0, 0.05) is 17.8 Å². The van der Waals surface area contributed by atoms with E-state index in [1.54, 1.807) is 30.3 Å². The topological polar surface area (TPSA) is 114 Å². The van der Waals surface area contributed by atoms with Gasteiger partial charge in [0.05, 0.1) is 23.2 Å². The molecule has 194 valence electrons. The minimum Gasteiger partial charge on any atom is -0.342 e. The van der Waals surface area contributed by atoms with Crippen LogP contribution in [0.4, 0.5) is 17.1 Å². The van der Waals surface area contributed by atoms with Crippen molar-refractivity contribution >= 4 is 40.6 Å². The van der Waals surface area contributed by atoms with Crippen molar-refractivity contribution in [3.8, 4) is 0 Å². The second kappa shape index (κ2) is 12.8. The lowest BCUT2D eigenvalue weighted by Gasteiger charge is -2.15. The van der Waals surface area contributed by atoms with Crippen molar-refractivity contribution in [3.05, 3.63) is 95.8 Å². The Morgan fingerprint density at radius 2 is 1.66 bits per heavy atom. The van der Waals surface area contributed by atoms with Crippen LogP contribution in [0.5, 0.6) is 0 Å². The van der Waals surface area contributed by atoms with Crippen molar-refractivity contribution in [2.75, 3.05) is 11.1 Å². The number of benzene rings is 3. The lowest BCUT2D eigenvalue weighted by Crippen LogP contribution is -2.28. The molecule has 1 aromatic heterocycles. The first-order chi connectivity index (χ1) is 18.4. The van der Waals surface area contributed by atoms with Crippen molar-refractivity contribution in [1.29, 1.82) is 0 Å². The Morgan fingerprint density at radius 3 is 2.34 bits per heavy atom. The summed E-state index contributed by atoms with van der Waals surface area (Å²) in [6.07, 6.45) is 0. The molecule has 3 aromatic carbocycles. The van der Waals surface area contributed by atoms with Gasteiger partial charge in [0.15, 0.2) is 11.0 Å². The lowest BCUT2D eigenvalue weighted by molar-refractivity contribution is -0.113. The summed E-state index contributed by atoms with van der Waals surface area (Å²) in [5.74, 6) is 0.462. The van der Waals surface area contributed by atoms with Gasteiger partial charge in [-0.1, -0.05) is 47.7 Å². The van der Waals surface area contributed by atoms with Crippen molar-refractivity contribution in [2.24, 2.45) is 10.2 Å². The average Bonchev–Trinajstić information content (AvgIpc) is 3.35. The molecule has 2 N–H and O–H groups in total. The Morgan fingerprint density at radius 1 is 0.947 bits per heavy atom. The summed E-state index contributed by atoms with van der Waals surface area (Å²) < 4.78 is 1.91. The number of nitrogens with zero attached hydrogens (tertiary/aromatic N) is 5. The van der Waals surface area contributed by atoms with E-state index in [0.717, 1.165) is 11.3 Å². The first kappa shape index (κ1) is 26.7. The van der Waals surface area contributed by atoms with Crippen LogP contribution in [0.15, 0.2) is 94.2 Å². The van der Waals surface area contributed by atoms with Crippen LogP contribution in [0.1, 0.15) is 41.6 Å². The molecular formula is C28H29N7O2S. The largest absolute Gasteiger partial charge is 0.342 e. The molecule has 0 aliphatic heterocycles. The normalized spacial score (nSPS) is 11.9. The highest BCUT2D eigenvalue weighted by Crippen LogP contribution is 2.23. The summed E-state index contributed by atoms with van der Waals surface area (Å²) in [6.45, 7) is 6.40. The number of rotatable bonds is 10. The van der Waals surface area contributed by atoms with Gasteiger partial charge < -0.3 is 15.2 Å². The van der Waals surface area contributed by atoms with E-state index < -0.39 is 0 Å². The Kier molecular flexibility index (Phi) is 8.99. The summed E-state index contributed by atoms with van der Waals surface area (Å²) in [4.78, 5) is 25.2. The molecule has 0 aliphatic carbocycles. The van der Waals surface area contributed by atoms with Crippen LogP contribution >= 0.6 is 11.8 Å². The maximum Gasteiger partial charge on any atom is 0.251 e. The Balaban J connectivity index is 1.31. The van der Waals surface area contributed by atoms with Gasteiger partial charge in [-0.2, -0.15) is 10.2 Å². The van der Waals surface area contributed by atoms with Crippen LogP contribution in [0, 0.1) is 6.92 Å². The van der Waals surface area contributed by atoms with Gasteiger partial charge in [-0.15, -0.1) is 10.2 Å². The minimum atomic E-state index is -0.351. The molecule has 4 rings (SSSR count). The highest BCUT2D eigenvalue weighted by atomic mass is 32.2. The van der Waals surface area contributed by atoms with Crippen LogP contribution in [-0.2, 0) is 11.3 Å². The lowest BCUT2D eigenvalue weighted by atomic mass is 10.1. The summed E-state index contributed by atoms with van der Waals surface area (Å²) in [7, 11) is 0. The molecule has 10 heteroatoms. The van der Waals surface area contributed by atoms with Crippen molar-refractivity contribution < 1.29 is 9.59 Å². The number of aromatic nitrogens is 3. The fraction of sp³-hybridized carbons (Fsp3) is 0.214. The molecule has 0 aliphatic rings. The molecule has 9 nitrogen and oxygen atoms in total. The molecule has 1 atom stereocenters. The number of aryl methyl sites for hydroxylation is 1. The van der Waals surface area contributed by atoms with Gasteiger partial charge in [0.2, 0.25) is 5.91 Å². The smallest absolute Gasteiger partial charge is 0.251 e. The number of anilines is 1. The number of hydrogen-bond acceptors (Lipinski definition) is 7. The van der Waals surface area contributed by atoms with E-state index in [9.17, 15) is 9.59 Å². The predicted octanol–water partition coefficient (Wildman–Crippen LogP) is 6.24. The van der Waals surface area contributed by atoms with E-state index >= 15 is 0 Å². The monoisotopic (exact) mass is 527 g/mol. The van der Waals surface area contributed by atoms with Gasteiger partial charge >= 0.3 is 0 Å². The quantitative estimate of drug-likeness (QED) is 0.187. The average molecular weight is 528 g/mol. The zero-order chi connectivity index (χ0) is 26.9. The zero-order valence-corrected chi connectivity index (χ0v) is 22.3. The fourth-order valence-corrected chi connectivity index (χ4v) is 4.51. The van der Waals surface area contributed by atoms with E-state index in [-0.39, 0.29) is 23.6 Å². The number of thioether (sulfide) groups is 1. The van der Waals surface area contributed by atoms with Gasteiger partial charge in [0.1, 0.15) is 0 Å². The molecule has 0 radical (unpaired) electrons. The van der Waals surface area contributed by atoms with E-state index in [1.165, 1.54) is 11.8 Å². The number of carbonyl (C=O) groups is 2. The highest BCUT2D eigenvalue weighted by Gasteiger charge is 2.20. The highest BCUT2D eigenvalue weighted by molar-refractivity contribution is 7.99. The molecule has 0 spiro atoms. The Hall–Kier alpha value is -4.31. The zero-order valence-electron chi connectivity index (χ0n) is 21.5. The molecular weight excluding hydrogens is 498 g/mol. The van der Waals surface area contributed by atoms with E-state index in [0.29, 0.717) is 34.5 Å².